The first-order valence-electron chi connectivity index (χ1n) is 3.77. The van der Waals surface area contributed by atoms with Gasteiger partial charge in [-0.05, 0) is 26.7 Å². The quantitative estimate of drug-likeness (QED) is 0.529. The molecule has 0 spiro atoms. The average molecular weight is 143 g/mol. The zero-order valence-corrected chi connectivity index (χ0v) is 6.72. The Kier molecular flexibility index (Phi) is 6.50. The summed E-state index contributed by atoms with van der Waals surface area (Å²) >= 11 is 0. The van der Waals surface area contributed by atoms with Crippen LogP contribution in [0.3, 0.4) is 0 Å². The van der Waals surface area contributed by atoms with Gasteiger partial charge in [-0.1, -0.05) is 0 Å². The molecule has 0 N–H and O–H groups in total. The largest absolute Gasteiger partial charge is 0.379 e. The lowest BCUT2D eigenvalue weighted by molar-refractivity contribution is 0.0693. The lowest BCUT2D eigenvalue weighted by Gasteiger charge is -2.08. The van der Waals surface area contributed by atoms with Crippen LogP contribution in [-0.4, -0.2) is 19.0 Å². The molecular weight excluding hydrogens is 128 g/mol. The van der Waals surface area contributed by atoms with E-state index >= 15 is 0 Å². The van der Waals surface area contributed by atoms with Crippen LogP contribution in [0.15, 0.2) is 0 Å². The first-order valence-corrected chi connectivity index (χ1v) is 3.77. The molecule has 2 nitrogen and oxygen atoms in total. The van der Waals surface area contributed by atoms with Crippen LogP contribution >= 0.6 is 0 Å². The monoisotopic (exact) mass is 143 g/mol. The summed E-state index contributed by atoms with van der Waals surface area (Å²) < 4.78 is 5.26. The van der Waals surface area contributed by atoms with Gasteiger partial charge in [-0.2, -0.15) is 0 Å². The van der Waals surface area contributed by atoms with Gasteiger partial charge in [0.15, 0.2) is 6.29 Å². The topological polar surface area (TPSA) is 26.3 Å². The molecule has 0 aromatic rings. The smallest absolute Gasteiger partial charge is 0.198 e. The zero-order valence-electron chi connectivity index (χ0n) is 6.72. The van der Waals surface area contributed by atoms with E-state index in [9.17, 15) is 4.79 Å². The van der Waals surface area contributed by atoms with Gasteiger partial charge in [0, 0.05) is 13.0 Å². The summed E-state index contributed by atoms with van der Waals surface area (Å²) in [6, 6.07) is 0. The van der Waals surface area contributed by atoms with Crippen molar-refractivity contribution < 1.29 is 9.53 Å². The van der Waals surface area contributed by atoms with Gasteiger partial charge >= 0.3 is 0 Å². The second-order valence-corrected chi connectivity index (χ2v) is 2.30. The van der Waals surface area contributed by atoms with Crippen molar-refractivity contribution >= 4 is 6.29 Å². The predicted molar refractivity (Wildman–Crippen MR) is 40.6 cm³/mol. The second-order valence-electron chi connectivity index (χ2n) is 2.30. The SMILES string of the molecule is CCOC(C)CCC[C]=O. The molecule has 59 valence electrons. The highest BCUT2D eigenvalue weighted by atomic mass is 16.5. The number of hydrogen-bond donors (Lipinski definition) is 0. The van der Waals surface area contributed by atoms with E-state index in [2.05, 4.69) is 0 Å². The first-order chi connectivity index (χ1) is 4.81. The molecule has 0 fully saturated rings. The van der Waals surface area contributed by atoms with E-state index in [-0.39, 0.29) is 0 Å². The molecule has 0 aliphatic heterocycles. The Labute approximate surface area is 62.6 Å². The summed E-state index contributed by atoms with van der Waals surface area (Å²) in [5.74, 6) is 0. The molecule has 0 bridgehead atoms. The molecule has 1 unspecified atom stereocenters. The molecule has 1 radical (unpaired) electrons. The van der Waals surface area contributed by atoms with E-state index in [1.54, 1.807) is 0 Å². The second kappa shape index (κ2) is 6.75. The molecule has 0 aliphatic rings. The molecule has 2 heteroatoms. The molecule has 0 aromatic heterocycles. The molecule has 0 aromatic carbocycles. The van der Waals surface area contributed by atoms with Gasteiger partial charge in [-0.15, -0.1) is 0 Å². The van der Waals surface area contributed by atoms with Crippen LogP contribution in [-0.2, 0) is 9.53 Å². The van der Waals surface area contributed by atoms with Crippen LogP contribution in [0.25, 0.3) is 0 Å². The van der Waals surface area contributed by atoms with Crippen molar-refractivity contribution in [2.45, 2.75) is 39.2 Å². The maximum atomic E-state index is 9.78. The molecule has 0 saturated carbocycles. The van der Waals surface area contributed by atoms with E-state index in [4.69, 9.17) is 4.74 Å². The molecule has 0 heterocycles. The molecule has 1 atom stereocenters. The molecule has 10 heavy (non-hydrogen) atoms. The number of unbranched alkanes of at least 4 members (excludes halogenated alkanes) is 1. The van der Waals surface area contributed by atoms with Crippen molar-refractivity contribution in [3.05, 3.63) is 0 Å². The summed E-state index contributed by atoms with van der Waals surface area (Å²) in [7, 11) is 0. The van der Waals surface area contributed by atoms with Crippen LogP contribution in [0.4, 0.5) is 0 Å². The summed E-state index contributed by atoms with van der Waals surface area (Å²) in [5, 5.41) is 0. The van der Waals surface area contributed by atoms with Gasteiger partial charge in [0.2, 0.25) is 0 Å². The Hall–Kier alpha value is -0.370. The van der Waals surface area contributed by atoms with Crippen LogP contribution in [0, 0.1) is 0 Å². The van der Waals surface area contributed by atoms with Crippen LogP contribution in [0.5, 0.6) is 0 Å². The van der Waals surface area contributed by atoms with Gasteiger partial charge in [-0.25, -0.2) is 0 Å². The molecule has 0 aliphatic carbocycles. The fourth-order valence-electron chi connectivity index (χ4n) is 0.830. The predicted octanol–water partition coefficient (Wildman–Crippen LogP) is 1.69. The lowest BCUT2D eigenvalue weighted by atomic mass is 10.2. The maximum Gasteiger partial charge on any atom is 0.198 e. The molecule has 0 amide bonds. The fourth-order valence-corrected chi connectivity index (χ4v) is 0.830. The Morgan fingerprint density at radius 1 is 1.60 bits per heavy atom. The molecular formula is C8H15O2. The third-order valence-electron chi connectivity index (χ3n) is 1.34. The van der Waals surface area contributed by atoms with E-state index in [0.717, 1.165) is 19.4 Å². The van der Waals surface area contributed by atoms with E-state index < -0.39 is 0 Å². The Bertz CT molecular complexity index is 81.3. The van der Waals surface area contributed by atoms with Crippen molar-refractivity contribution in [1.29, 1.82) is 0 Å². The first kappa shape index (κ1) is 9.63. The van der Waals surface area contributed by atoms with Crippen LogP contribution in [0.2, 0.25) is 0 Å². The third-order valence-corrected chi connectivity index (χ3v) is 1.34. The van der Waals surface area contributed by atoms with Gasteiger partial charge < -0.3 is 4.74 Å². The third kappa shape index (κ3) is 5.76. The number of carbonyl (C=O) groups excluding carboxylic acids is 1. The highest BCUT2D eigenvalue weighted by molar-refractivity contribution is 5.50. The normalized spacial score (nSPS) is 13.0. The minimum absolute atomic E-state index is 0.290. The molecule has 0 saturated heterocycles. The number of rotatable bonds is 6. The summed E-state index contributed by atoms with van der Waals surface area (Å²) in [6.07, 6.45) is 4.54. The van der Waals surface area contributed by atoms with Gasteiger partial charge in [0.1, 0.15) is 0 Å². The Morgan fingerprint density at radius 3 is 2.80 bits per heavy atom. The summed E-state index contributed by atoms with van der Waals surface area (Å²) in [5.41, 5.74) is 0. The van der Waals surface area contributed by atoms with Gasteiger partial charge in [0.05, 0.1) is 6.10 Å². The molecule has 0 rings (SSSR count). The minimum atomic E-state index is 0.290. The summed E-state index contributed by atoms with van der Waals surface area (Å²) in [4.78, 5) is 9.78. The zero-order chi connectivity index (χ0) is 7.82. The number of hydrogen-bond acceptors (Lipinski definition) is 2. The van der Waals surface area contributed by atoms with Crippen molar-refractivity contribution in [2.75, 3.05) is 6.61 Å². The van der Waals surface area contributed by atoms with Gasteiger partial charge in [-0.3, -0.25) is 4.79 Å². The van der Waals surface area contributed by atoms with Crippen molar-refractivity contribution in [3.8, 4) is 0 Å². The highest BCUT2D eigenvalue weighted by Crippen LogP contribution is 2.02. The van der Waals surface area contributed by atoms with E-state index in [1.807, 2.05) is 20.1 Å². The number of ether oxygens (including phenoxy) is 1. The standard InChI is InChI=1S/C8H15O2/c1-3-10-8(2)6-4-5-7-9/h8H,3-6H2,1-2H3. The maximum absolute atomic E-state index is 9.78. The Morgan fingerprint density at radius 2 is 2.30 bits per heavy atom. The van der Waals surface area contributed by atoms with E-state index in [1.165, 1.54) is 0 Å². The van der Waals surface area contributed by atoms with Crippen molar-refractivity contribution in [3.63, 3.8) is 0 Å². The fraction of sp³-hybridized carbons (Fsp3) is 0.875. The Balaban J connectivity index is 3.04. The van der Waals surface area contributed by atoms with Crippen LogP contribution < -0.4 is 0 Å². The highest BCUT2D eigenvalue weighted by Gasteiger charge is 1.98. The summed E-state index contributed by atoms with van der Waals surface area (Å²) in [6.45, 7) is 4.75. The van der Waals surface area contributed by atoms with Gasteiger partial charge in [0.25, 0.3) is 0 Å². The minimum Gasteiger partial charge on any atom is -0.379 e. The van der Waals surface area contributed by atoms with Crippen molar-refractivity contribution in [1.82, 2.24) is 0 Å². The average Bonchev–Trinajstić information content (AvgIpc) is 1.89. The van der Waals surface area contributed by atoms with Crippen LogP contribution in [0.1, 0.15) is 33.1 Å². The van der Waals surface area contributed by atoms with Crippen molar-refractivity contribution in [2.24, 2.45) is 0 Å². The lowest BCUT2D eigenvalue weighted by Crippen LogP contribution is -2.07. The van der Waals surface area contributed by atoms with E-state index in [0.29, 0.717) is 12.5 Å².